The molecule has 1 aliphatic heterocycles. The summed E-state index contributed by atoms with van der Waals surface area (Å²) < 4.78 is 18.2. The van der Waals surface area contributed by atoms with Crippen molar-refractivity contribution in [3.05, 3.63) is 23.8 Å². The lowest BCUT2D eigenvalue weighted by Gasteiger charge is -2.32. The Hall–Kier alpha value is -0.995. The van der Waals surface area contributed by atoms with Crippen LogP contribution in [0.4, 0.5) is 0 Å². The van der Waals surface area contributed by atoms with Gasteiger partial charge in [0, 0.05) is 0 Å². The van der Waals surface area contributed by atoms with Crippen molar-refractivity contribution in [2.75, 3.05) is 6.61 Å². The van der Waals surface area contributed by atoms with Crippen molar-refractivity contribution in [2.24, 2.45) is 5.92 Å². The van der Waals surface area contributed by atoms with Crippen LogP contribution in [0.3, 0.4) is 0 Å². The molecule has 1 aromatic carbocycles. The SMILES string of the molecule is Cc1c(OCC2CC2)cccc1B1OC(C)(C)C(C)(C)O1. The minimum atomic E-state index is -0.320. The van der Waals surface area contributed by atoms with Crippen LogP contribution in [-0.4, -0.2) is 24.9 Å². The molecule has 114 valence electrons. The highest BCUT2D eigenvalue weighted by atomic mass is 16.7. The zero-order chi connectivity index (χ0) is 15.3. The van der Waals surface area contributed by atoms with Gasteiger partial charge in [-0.2, -0.15) is 0 Å². The highest BCUT2D eigenvalue weighted by Crippen LogP contribution is 2.37. The molecule has 0 N–H and O–H groups in total. The van der Waals surface area contributed by atoms with E-state index in [1.54, 1.807) is 0 Å². The molecule has 0 bridgehead atoms. The van der Waals surface area contributed by atoms with Crippen LogP contribution in [0.25, 0.3) is 0 Å². The van der Waals surface area contributed by atoms with Crippen molar-refractivity contribution in [1.29, 1.82) is 0 Å². The van der Waals surface area contributed by atoms with Gasteiger partial charge in [-0.05, 0) is 70.5 Å². The molecule has 0 radical (unpaired) electrons. The maximum Gasteiger partial charge on any atom is 0.495 e. The second-order valence-electron chi connectivity index (χ2n) is 7.31. The number of hydrogen-bond donors (Lipinski definition) is 0. The molecule has 0 aromatic heterocycles. The highest BCUT2D eigenvalue weighted by Gasteiger charge is 2.52. The lowest BCUT2D eigenvalue weighted by molar-refractivity contribution is 0.00578. The van der Waals surface area contributed by atoms with E-state index < -0.39 is 0 Å². The Balaban J connectivity index is 1.80. The molecule has 0 atom stereocenters. The van der Waals surface area contributed by atoms with E-state index in [-0.39, 0.29) is 18.3 Å². The molecule has 2 aliphatic rings. The van der Waals surface area contributed by atoms with Gasteiger partial charge in [0.1, 0.15) is 5.75 Å². The van der Waals surface area contributed by atoms with Crippen molar-refractivity contribution >= 4 is 12.6 Å². The molecule has 1 saturated carbocycles. The van der Waals surface area contributed by atoms with Gasteiger partial charge in [-0.15, -0.1) is 0 Å². The van der Waals surface area contributed by atoms with Crippen LogP contribution >= 0.6 is 0 Å². The summed E-state index contributed by atoms with van der Waals surface area (Å²) in [5, 5.41) is 0. The van der Waals surface area contributed by atoms with E-state index in [1.165, 1.54) is 12.8 Å². The van der Waals surface area contributed by atoms with Crippen molar-refractivity contribution < 1.29 is 14.0 Å². The fourth-order valence-corrected chi connectivity index (χ4v) is 2.51. The third kappa shape index (κ3) is 2.84. The Labute approximate surface area is 128 Å². The van der Waals surface area contributed by atoms with Crippen molar-refractivity contribution in [3.8, 4) is 5.75 Å². The van der Waals surface area contributed by atoms with Gasteiger partial charge in [0.15, 0.2) is 0 Å². The first-order chi connectivity index (χ1) is 9.80. The van der Waals surface area contributed by atoms with Gasteiger partial charge in [0.2, 0.25) is 0 Å². The van der Waals surface area contributed by atoms with Crippen LogP contribution in [0.15, 0.2) is 18.2 Å². The lowest BCUT2D eigenvalue weighted by Crippen LogP contribution is -2.41. The van der Waals surface area contributed by atoms with E-state index in [4.69, 9.17) is 14.0 Å². The fraction of sp³-hybridized carbons (Fsp3) is 0.647. The largest absolute Gasteiger partial charge is 0.495 e. The molecule has 1 aliphatic carbocycles. The third-order valence-electron chi connectivity index (χ3n) is 5.00. The molecule has 0 amide bonds. The molecule has 0 unspecified atom stereocenters. The maximum atomic E-state index is 6.15. The van der Waals surface area contributed by atoms with Crippen molar-refractivity contribution in [2.45, 2.75) is 58.7 Å². The summed E-state index contributed by atoms with van der Waals surface area (Å²) in [4.78, 5) is 0. The predicted octanol–water partition coefficient (Wildman–Crippen LogP) is 3.08. The van der Waals surface area contributed by atoms with Crippen LogP contribution in [0.1, 0.15) is 46.1 Å². The van der Waals surface area contributed by atoms with E-state index in [1.807, 2.05) is 12.1 Å². The van der Waals surface area contributed by atoms with Gasteiger partial charge in [-0.1, -0.05) is 12.1 Å². The summed E-state index contributed by atoms with van der Waals surface area (Å²) in [6.07, 6.45) is 2.60. The van der Waals surface area contributed by atoms with Gasteiger partial charge in [-0.3, -0.25) is 0 Å². The molecule has 4 heteroatoms. The smallest absolute Gasteiger partial charge is 0.493 e. The summed E-state index contributed by atoms with van der Waals surface area (Å²) in [6, 6.07) is 6.13. The van der Waals surface area contributed by atoms with Gasteiger partial charge in [0.25, 0.3) is 0 Å². The summed E-state index contributed by atoms with van der Waals surface area (Å²) in [5.41, 5.74) is 1.57. The lowest BCUT2D eigenvalue weighted by atomic mass is 9.76. The van der Waals surface area contributed by atoms with Crippen molar-refractivity contribution in [3.63, 3.8) is 0 Å². The number of benzene rings is 1. The van der Waals surface area contributed by atoms with Crippen LogP contribution in [0, 0.1) is 12.8 Å². The number of rotatable bonds is 4. The minimum Gasteiger partial charge on any atom is -0.493 e. The van der Waals surface area contributed by atoms with Gasteiger partial charge >= 0.3 is 7.12 Å². The summed E-state index contributed by atoms with van der Waals surface area (Å²) in [7, 11) is -0.320. The molecule has 1 saturated heterocycles. The fourth-order valence-electron chi connectivity index (χ4n) is 2.51. The molecule has 21 heavy (non-hydrogen) atoms. The van der Waals surface area contributed by atoms with Crippen molar-refractivity contribution in [1.82, 2.24) is 0 Å². The quantitative estimate of drug-likeness (QED) is 0.797. The Kier molecular flexibility index (Phi) is 3.57. The first-order valence-electron chi connectivity index (χ1n) is 7.88. The molecule has 0 spiro atoms. The summed E-state index contributed by atoms with van der Waals surface area (Å²) >= 11 is 0. The van der Waals surface area contributed by atoms with Gasteiger partial charge < -0.3 is 14.0 Å². The van der Waals surface area contributed by atoms with E-state index in [0.717, 1.165) is 29.3 Å². The third-order valence-corrected chi connectivity index (χ3v) is 5.00. The number of ether oxygens (including phenoxy) is 1. The van der Waals surface area contributed by atoms with E-state index in [9.17, 15) is 0 Å². The normalized spacial score (nSPS) is 23.4. The zero-order valence-corrected chi connectivity index (χ0v) is 13.7. The molecule has 1 aromatic rings. The molecular formula is C17H25BO3. The minimum absolute atomic E-state index is 0.311. The van der Waals surface area contributed by atoms with Gasteiger partial charge in [0.05, 0.1) is 17.8 Å². The Morgan fingerprint density at radius 3 is 2.33 bits per heavy atom. The highest BCUT2D eigenvalue weighted by molar-refractivity contribution is 6.62. The first-order valence-corrected chi connectivity index (χ1v) is 7.88. The van der Waals surface area contributed by atoms with E-state index in [0.29, 0.717) is 0 Å². The predicted molar refractivity (Wildman–Crippen MR) is 85.1 cm³/mol. The monoisotopic (exact) mass is 288 g/mol. The Morgan fingerprint density at radius 2 is 1.76 bits per heavy atom. The zero-order valence-electron chi connectivity index (χ0n) is 13.7. The summed E-state index contributed by atoms with van der Waals surface area (Å²) in [5.74, 6) is 1.71. The van der Waals surface area contributed by atoms with Crippen LogP contribution in [0.5, 0.6) is 5.75 Å². The average Bonchev–Trinajstić information content (AvgIpc) is 3.16. The van der Waals surface area contributed by atoms with Crippen LogP contribution < -0.4 is 10.2 Å². The second-order valence-corrected chi connectivity index (χ2v) is 7.31. The van der Waals surface area contributed by atoms with E-state index >= 15 is 0 Å². The van der Waals surface area contributed by atoms with Crippen LogP contribution in [0.2, 0.25) is 0 Å². The Bertz CT molecular complexity index is 519. The standard InChI is InChI=1S/C17H25BO3/c1-12-14(18-20-16(2,3)17(4,5)21-18)7-6-8-15(12)19-11-13-9-10-13/h6-8,13H,9-11H2,1-5H3. The average molecular weight is 288 g/mol. The maximum absolute atomic E-state index is 6.15. The second kappa shape index (κ2) is 5.03. The Morgan fingerprint density at radius 1 is 1.14 bits per heavy atom. The van der Waals surface area contributed by atoms with Crippen LogP contribution in [-0.2, 0) is 9.31 Å². The van der Waals surface area contributed by atoms with Gasteiger partial charge in [-0.25, -0.2) is 0 Å². The molecule has 1 heterocycles. The molecular weight excluding hydrogens is 263 g/mol. The first kappa shape index (κ1) is 14.9. The van der Waals surface area contributed by atoms with E-state index in [2.05, 4.69) is 40.7 Å². The summed E-state index contributed by atoms with van der Waals surface area (Å²) in [6.45, 7) is 11.2. The molecule has 3 rings (SSSR count). The topological polar surface area (TPSA) is 27.7 Å². The number of hydrogen-bond acceptors (Lipinski definition) is 3. The molecule has 3 nitrogen and oxygen atoms in total. The molecule has 2 fully saturated rings.